The molecule has 0 unspecified atom stereocenters. The van der Waals surface area contributed by atoms with Crippen LogP contribution < -0.4 is 10.2 Å². The van der Waals surface area contributed by atoms with Crippen molar-refractivity contribution in [2.75, 3.05) is 7.11 Å². The quantitative estimate of drug-likeness (QED) is 0.325. The van der Waals surface area contributed by atoms with E-state index in [0.29, 0.717) is 16.7 Å². The molecule has 2 aromatic carbocycles. The Morgan fingerprint density at radius 2 is 1.85 bits per heavy atom. The summed E-state index contributed by atoms with van der Waals surface area (Å²) in [5.74, 6) is -1.32. The predicted molar refractivity (Wildman–Crippen MR) is 126 cm³/mol. The maximum atomic E-state index is 13.6. The molecule has 1 aliphatic carbocycles. The third-order valence-electron chi connectivity index (χ3n) is 6.11. The van der Waals surface area contributed by atoms with Gasteiger partial charge in [0.05, 0.1) is 12.7 Å². The summed E-state index contributed by atoms with van der Waals surface area (Å²) >= 11 is 0. The number of fused-ring (bicyclic) bond motifs is 4. The molecule has 0 amide bonds. The van der Waals surface area contributed by atoms with E-state index in [2.05, 4.69) is 6.58 Å². The average Bonchev–Trinajstić information content (AvgIpc) is 2.74. The second kappa shape index (κ2) is 7.92. The van der Waals surface area contributed by atoms with E-state index in [-0.39, 0.29) is 69.4 Å². The molecule has 0 bridgehead atoms. The summed E-state index contributed by atoms with van der Waals surface area (Å²) < 4.78 is 11.4. The summed E-state index contributed by atoms with van der Waals surface area (Å²) in [5, 5.41) is 42.7. The summed E-state index contributed by atoms with van der Waals surface area (Å²) in [6, 6.07) is 2.40. The molecule has 7 nitrogen and oxygen atoms in total. The van der Waals surface area contributed by atoms with E-state index < -0.39 is 11.3 Å². The minimum Gasteiger partial charge on any atom is -0.507 e. The summed E-state index contributed by atoms with van der Waals surface area (Å²) in [6.45, 7) is 9.57. The summed E-state index contributed by atoms with van der Waals surface area (Å²) in [5.41, 5.74) is 2.34. The molecular formula is C26H26O7. The Bertz CT molecular complexity index is 1410. The van der Waals surface area contributed by atoms with Crippen LogP contribution in [0.1, 0.15) is 43.4 Å². The Balaban J connectivity index is 2.16. The van der Waals surface area contributed by atoms with Gasteiger partial charge in [0.15, 0.2) is 16.9 Å². The molecule has 33 heavy (non-hydrogen) atoms. The topological polar surface area (TPSA) is 120 Å². The lowest BCUT2D eigenvalue weighted by Crippen LogP contribution is -2.21. The maximum absolute atomic E-state index is 13.6. The molecule has 0 saturated heterocycles. The Hall–Kier alpha value is -3.87. The average molecular weight is 450 g/mol. The molecule has 0 saturated carbocycles. The van der Waals surface area contributed by atoms with Gasteiger partial charge in [-0.3, -0.25) is 4.79 Å². The van der Waals surface area contributed by atoms with Gasteiger partial charge in [0, 0.05) is 34.7 Å². The number of methoxy groups -OCH3 is 1. The molecule has 1 heterocycles. The van der Waals surface area contributed by atoms with Crippen LogP contribution in [-0.4, -0.2) is 27.5 Å². The molecule has 4 rings (SSSR count). The predicted octanol–water partition coefficient (Wildman–Crippen LogP) is 5.02. The molecule has 0 fully saturated rings. The van der Waals surface area contributed by atoms with E-state index in [1.165, 1.54) is 13.2 Å². The molecule has 1 aromatic heterocycles. The highest BCUT2D eigenvalue weighted by atomic mass is 16.5. The number of phenolic OH excluding ortho intramolecular Hbond substituents is 4. The summed E-state index contributed by atoms with van der Waals surface area (Å²) in [6.07, 6.45) is 2.29. The Labute approximate surface area is 190 Å². The lowest BCUT2D eigenvalue weighted by molar-refractivity contribution is 0.363. The van der Waals surface area contributed by atoms with Crippen molar-refractivity contribution in [1.29, 1.82) is 0 Å². The summed E-state index contributed by atoms with van der Waals surface area (Å²) in [4.78, 5) is 13.6. The van der Waals surface area contributed by atoms with Crippen molar-refractivity contribution in [3.05, 3.63) is 62.8 Å². The van der Waals surface area contributed by atoms with Crippen LogP contribution in [0.2, 0.25) is 0 Å². The largest absolute Gasteiger partial charge is 0.507 e. The first kappa shape index (κ1) is 22.3. The minimum atomic E-state index is -0.488. The van der Waals surface area contributed by atoms with Gasteiger partial charge in [-0.1, -0.05) is 23.8 Å². The van der Waals surface area contributed by atoms with E-state index in [0.717, 1.165) is 11.6 Å². The van der Waals surface area contributed by atoms with E-state index in [1.807, 2.05) is 19.9 Å². The van der Waals surface area contributed by atoms with Gasteiger partial charge in [0.25, 0.3) is 0 Å². The van der Waals surface area contributed by atoms with Crippen molar-refractivity contribution in [1.82, 2.24) is 0 Å². The van der Waals surface area contributed by atoms with Gasteiger partial charge in [0.2, 0.25) is 0 Å². The smallest absolute Gasteiger partial charge is 0.200 e. The SMILES string of the molecule is C=C(C)[C@@H]1Cc2c(oc3c(CC=C(C)C)c(O)cc(O)c3c2=O)-c2c(O)cc(OC)c(O)c21. The van der Waals surface area contributed by atoms with E-state index in [9.17, 15) is 25.2 Å². The van der Waals surface area contributed by atoms with Crippen LogP contribution in [0.25, 0.3) is 22.3 Å². The van der Waals surface area contributed by atoms with Crippen LogP contribution in [0, 0.1) is 0 Å². The van der Waals surface area contributed by atoms with Crippen molar-refractivity contribution in [2.45, 2.75) is 39.5 Å². The van der Waals surface area contributed by atoms with Crippen LogP contribution in [0.15, 0.2) is 45.1 Å². The minimum absolute atomic E-state index is 0.0307. The van der Waals surface area contributed by atoms with Gasteiger partial charge in [-0.2, -0.15) is 0 Å². The van der Waals surface area contributed by atoms with Gasteiger partial charge < -0.3 is 29.6 Å². The van der Waals surface area contributed by atoms with Crippen LogP contribution in [-0.2, 0) is 12.8 Å². The molecule has 0 radical (unpaired) electrons. The number of ether oxygens (including phenoxy) is 1. The fraction of sp³-hybridized carbons (Fsp3) is 0.269. The van der Waals surface area contributed by atoms with E-state index in [4.69, 9.17) is 9.15 Å². The lowest BCUT2D eigenvalue weighted by Gasteiger charge is -2.29. The number of benzene rings is 2. The molecule has 1 aliphatic rings. The zero-order valence-corrected chi connectivity index (χ0v) is 18.9. The number of aromatic hydroxyl groups is 4. The third-order valence-corrected chi connectivity index (χ3v) is 6.11. The number of allylic oxidation sites excluding steroid dienone is 3. The zero-order valence-electron chi connectivity index (χ0n) is 18.9. The van der Waals surface area contributed by atoms with Crippen LogP contribution in [0.5, 0.6) is 28.7 Å². The normalized spacial score (nSPS) is 14.5. The number of rotatable bonds is 4. The molecule has 4 N–H and O–H groups in total. The standard InChI is InChI=1S/C26H26O7/c1-11(2)6-7-13-16(27)9-17(28)22-23(30)15-8-14(12(3)4)20-21(26(15)33-25(13)22)18(29)10-19(32-5)24(20)31/h6,9-10,14,27-29,31H,3,7-8H2,1-2,4-5H3/t14-/m0/s1. The number of phenols is 4. The molecular weight excluding hydrogens is 424 g/mol. The van der Waals surface area contributed by atoms with E-state index in [1.54, 1.807) is 6.92 Å². The molecule has 1 atom stereocenters. The Morgan fingerprint density at radius 1 is 1.15 bits per heavy atom. The first-order valence-electron chi connectivity index (χ1n) is 10.5. The molecule has 172 valence electrons. The van der Waals surface area contributed by atoms with Gasteiger partial charge in [-0.15, -0.1) is 0 Å². The van der Waals surface area contributed by atoms with E-state index >= 15 is 0 Å². The van der Waals surface area contributed by atoms with Crippen molar-refractivity contribution in [2.24, 2.45) is 0 Å². The molecule has 3 aromatic rings. The maximum Gasteiger partial charge on any atom is 0.200 e. The highest BCUT2D eigenvalue weighted by molar-refractivity contribution is 5.92. The fourth-order valence-corrected chi connectivity index (χ4v) is 4.43. The van der Waals surface area contributed by atoms with Crippen LogP contribution in [0.4, 0.5) is 0 Å². The lowest BCUT2D eigenvalue weighted by atomic mass is 9.77. The number of hydrogen-bond acceptors (Lipinski definition) is 7. The van der Waals surface area contributed by atoms with Gasteiger partial charge >= 0.3 is 0 Å². The monoisotopic (exact) mass is 450 g/mol. The molecule has 7 heteroatoms. The van der Waals surface area contributed by atoms with Crippen molar-refractivity contribution in [3.8, 4) is 40.1 Å². The second-order valence-electron chi connectivity index (χ2n) is 8.66. The summed E-state index contributed by atoms with van der Waals surface area (Å²) in [7, 11) is 1.38. The zero-order chi connectivity index (χ0) is 24.2. The Morgan fingerprint density at radius 3 is 2.45 bits per heavy atom. The van der Waals surface area contributed by atoms with Crippen LogP contribution in [0.3, 0.4) is 0 Å². The molecule has 0 aliphatic heterocycles. The van der Waals surface area contributed by atoms with Crippen molar-refractivity contribution >= 4 is 11.0 Å². The molecule has 0 spiro atoms. The number of hydrogen-bond donors (Lipinski definition) is 4. The van der Waals surface area contributed by atoms with Gasteiger partial charge in [-0.05, 0) is 33.6 Å². The van der Waals surface area contributed by atoms with Crippen LogP contribution >= 0.6 is 0 Å². The Kier molecular flexibility index (Phi) is 5.36. The second-order valence-corrected chi connectivity index (χ2v) is 8.66. The first-order valence-corrected chi connectivity index (χ1v) is 10.5. The van der Waals surface area contributed by atoms with Gasteiger partial charge in [-0.25, -0.2) is 0 Å². The first-order chi connectivity index (χ1) is 15.6. The van der Waals surface area contributed by atoms with Gasteiger partial charge in [0.1, 0.15) is 34.0 Å². The third kappa shape index (κ3) is 3.40. The highest BCUT2D eigenvalue weighted by Gasteiger charge is 2.36. The highest BCUT2D eigenvalue weighted by Crippen LogP contribution is 2.53. The fourth-order valence-electron chi connectivity index (χ4n) is 4.43. The van der Waals surface area contributed by atoms with Crippen molar-refractivity contribution < 1.29 is 29.6 Å². The van der Waals surface area contributed by atoms with Crippen molar-refractivity contribution in [3.63, 3.8) is 0 Å².